The van der Waals surface area contributed by atoms with Gasteiger partial charge in [0.25, 0.3) is 0 Å². The third-order valence-corrected chi connectivity index (χ3v) is 2.99. The minimum Gasteiger partial charge on any atom is -0.486 e. The van der Waals surface area contributed by atoms with Gasteiger partial charge in [0.05, 0.1) is 5.02 Å². The number of nitrogens with zero attached hydrogens (tertiary/aromatic N) is 2. The van der Waals surface area contributed by atoms with Crippen molar-refractivity contribution in [2.45, 2.75) is 0 Å². The van der Waals surface area contributed by atoms with Crippen LogP contribution in [0.4, 0.5) is 5.82 Å². The average molecular weight is 279 g/mol. The maximum Gasteiger partial charge on any atom is 0.179 e. The normalized spacial score (nSPS) is 13.2. The largest absolute Gasteiger partial charge is 0.486 e. The fraction of sp³-hybridized carbons (Fsp3) is 0.167. The van der Waals surface area contributed by atoms with E-state index in [1.54, 1.807) is 18.5 Å². The summed E-state index contributed by atoms with van der Waals surface area (Å²) in [4.78, 5) is 8.35. The Balaban J connectivity index is 2.13. The van der Waals surface area contributed by atoms with Crippen molar-refractivity contribution in [3.63, 3.8) is 0 Å². The van der Waals surface area contributed by atoms with Crippen molar-refractivity contribution in [2.24, 2.45) is 5.84 Å². The lowest BCUT2D eigenvalue weighted by Crippen LogP contribution is -2.16. The summed E-state index contributed by atoms with van der Waals surface area (Å²) in [7, 11) is 0. The molecule has 3 N–H and O–H groups in total. The Labute approximate surface area is 114 Å². The van der Waals surface area contributed by atoms with Crippen LogP contribution in [0, 0.1) is 0 Å². The van der Waals surface area contributed by atoms with E-state index in [-0.39, 0.29) is 0 Å². The number of benzene rings is 1. The van der Waals surface area contributed by atoms with Gasteiger partial charge in [-0.2, -0.15) is 0 Å². The number of aromatic nitrogens is 2. The standard InChI is InChI=1S/C12H11ClN4O2/c13-8-5-7(6-9-11(8)19-4-3-18-9)10-12(17-14)16-2-1-15-10/h1-2,5-6H,3-4,14H2,(H,16,17). The molecule has 2 heterocycles. The number of nitrogens with two attached hydrogens (primary N) is 1. The molecule has 0 amide bonds. The third kappa shape index (κ3) is 2.16. The summed E-state index contributed by atoms with van der Waals surface area (Å²) in [6.45, 7) is 0.988. The second-order valence-corrected chi connectivity index (χ2v) is 4.29. The summed E-state index contributed by atoms with van der Waals surface area (Å²) in [5.74, 6) is 7.05. The van der Waals surface area contributed by atoms with E-state index in [4.69, 9.17) is 26.9 Å². The van der Waals surface area contributed by atoms with Crippen LogP contribution in [0.1, 0.15) is 0 Å². The Bertz CT molecular complexity index is 621. The number of hydrazine groups is 1. The van der Waals surface area contributed by atoms with Gasteiger partial charge in [0, 0.05) is 18.0 Å². The lowest BCUT2D eigenvalue weighted by Gasteiger charge is -2.20. The lowest BCUT2D eigenvalue weighted by atomic mass is 10.1. The van der Waals surface area contributed by atoms with Crippen LogP contribution in [-0.4, -0.2) is 23.2 Å². The number of nitrogens with one attached hydrogen (secondary N) is 1. The van der Waals surface area contributed by atoms with Crippen LogP contribution in [0.2, 0.25) is 5.02 Å². The molecular formula is C12H11ClN4O2. The smallest absolute Gasteiger partial charge is 0.179 e. The van der Waals surface area contributed by atoms with Crippen molar-refractivity contribution in [3.8, 4) is 22.8 Å². The van der Waals surface area contributed by atoms with Crippen LogP contribution in [-0.2, 0) is 0 Å². The average Bonchev–Trinajstić information content (AvgIpc) is 2.47. The third-order valence-electron chi connectivity index (χ3n) is 2.71. The van der Waals surface area contributed by atoms with Crippen molar-refractivity contribution in [1.29, 1.82) is 0 Å². The van der Waals surface area contributed by atoms with Crippen LogP contribution in [0.5, 0.6) is 11.5 Å². The van der Waals surface area contributed by atoms with E-state index < -0.39 is 0 Å². The predicted molar refractivity (Wildman–Crippen MR) is 71.3 cm³/mol. The summed E-state index contributed by atoms with van der Waals surface area (Å²) >= 11 is 6.19. The Morgan fingerprint density at radius 2 is 1.95 bits per heavy atom. The highest BCUT2D eigenvalue weighted by Gasteiger charge is 2.18. The molecule has 0 saturated carbocycles. The minimum absolute atomic E-state index is 0.468. The monoisotopic (exact) mass is 278 g/mol. The summed E-state index contributed by atoms with van der Waals surface area (Å²) < 4.78 is 11.0. The fourth-order valence-corrected chi connectivity index (χ4v) is 2.17. The van der Waals surface area contributed by atoms with Gasteiger partial charge in [0.2, 0.25) is 0 Å². The second-order valence-electron chi connectivity index (χ2n) is 3.88. The molecule has 0 spiro atoms. The van der Waals surface area contributed by atoms with Gasteiger partial charge >= 0.3 is 0 Å². The van der Waals surface area contributed by atoms with E-state index in [1.165, 1.54) is 0 Å². The molecular weight excluding hydrogens is 268 g/mol. The molecule has 7 heteroatoms. The van der Waals surface area contributed by atoms with E-state index in [2.05, 4.69) is 15.4 Å². The molecule has 0 aliphatic carbocycles. The number of rotatable bonds is 2. The SMILES string of the molecule is NNc1nccnc1-c1cc(Cl)c2c(c1)OCCO2. The van der Waals surface area contributed by atoms with E-state index >= 15 is 0 Å². The topological polar surface area (TPSA) is 82.3 Å². The first kappa shape index (κ1) is 12.0. The number of hydrogen-bond donors (Lipinski definition) is 2. The molecule has 1 aliphatic rings. The van der Waals surface area contributed by atoms with Gasteiger partial charge in [-0.3, -0.25) is 4.98 Å². The van der Waals surface area contributed by atoms with E-state index in [1.807, 2.05) is 6.07 Å². The predicted octanol–water partition coefficient (Wildman–Crippen LogP) is 1.85. The fourth-order valence-electron chi connectivity index (χ4n) is 1.90. The first-order chi connectivity index (χ1) is 9.29. The molecule has 0 fully saturated rings. The van der Waals surface area contributed by atoms with Gasteiger partial charge in [0.1, 0.15) is 18.9 Å². The number of ether oxygens (including phenoxy) is 2. The molecule has 0 radical (unpaired) electrons. The molecule has 19 heavy (non-hydrogen) atoms. The van der Waals surface area contributed by atoms with Crippen LogP contribution in [0.3, 0.4) is 0 Å². The van der Waals surface area contributed by atoms with Gasteiger partial charge in [-0.25, -0.2) is 10.8 Å². The molecule has 1 aromatic carbocycles. The van der Waals surface area contributed by atoms with E-state index in [0.717, 1.165) is 5.56 Å². The quantitative estimate of drug-likeness (QED) is 0.644. The molecule has 0 saturated heterocycles. The summed E-state index contributed by atoms with van der Waals surface area (Å²) in [6, 6.07) is 3.56. The van der Waals surface area contributed by atoms with Gasteiger partial charge in [-0.1, -0.05) is 11.6 Å². The number of anilines is 1. The first-order valence-corrected chi connectivity index (χ1v) is 6.04. The van der Waals surface area contributed by atoms with Gasteiger partial charge in [0.15, 0.2) is 17.3 Å². The number of halogens is 1. The molecule has 0 unspecified atom stereocenters. The highest BCUT2D eigenvalue weighted by molar-refractivity contribution is 6.32. The van der Waals surface area contributed by atoms with Gasteiger partial charge in [-0.15, -0.1) is 0 Å². The maximum atomic E-state index is 6.19. The maximum absolute atomic E-state index is 6.19. The molecule has 6 nitrogen and oxygen atoms in total. The highest BCUT2D eigenvalue weighted by Crippen LogP contribution is 2.41. The van der Waals surface area contributed by atoms with Gasteiger partial charge < -0.3 is 14.9 Å². The zero-order chi connectivity index (χ0) is 13.2. The molecule has 0 bridgehead atoms. The molecule has 0 atom stereocenters. The Morgan fingerprint density at radius 3 is 2.79 bits per heavy atom. The number of hydrogen-bond acceptors (Lipinski definition) is 6. The number of fused-ring (bicyclic) bond motifs is 1. The summed E-state index contributed by atoms with van der Waals surface area (Å²) in [5.41, 5.74) is 3.87. The van der Waals surface area contributed by atoms with E-state index in [0.29, 0.717) is 41.2 Å². The summed E-state index contributed by atoms with van der Waals surface area (Å²) in [5, 5.41) is 0.473. The molecule has 1 aromatic heterocycles. The Morgan fingerprint density at radius 1 is 1.16 bits per heavy atom. The molecule has 3 rings (SSSR count). The van der Waals surface area contributed by atoms with Crippen LogP contribution >= 0.6 is 11.6 Å². The Hall–Kier alpha value is -2.05. The zero-order valence-electron chi connectivity index (χ0n) is 9.89. The van der Waals surface area contributed by atoms with Crippen molar-refractivity contribution in [2.75, 3.05) is 18.6 Å². The molecule has 1 aliphatic heterocycles. The van der Waals surface area contributed by atoms with Gasteiger partial charge in [-0.05, 0) is 12.1 Å². The number of nitrogen functional groups attached to an aromatic ring is 1. The Kier molecular flexibility index (Phi) is 3.10. The minimum atomic E-state index is 0.468. The van der Waals surface area contributed by atoms with Crippen LogP contribution in [0.25, 0.3) is 11.3 Å². The van der Waals surface area contributed by atoms with E-state index in [9.17, 15) is 0 Å². The van der Waals surface area contributed by atoms with Crippen molar-refractivity contribution in [3.05, 3.63) is 29.5 Å². The highest BCUT2D eigenvalue weighted by atomic mass is 35.5. The first-order valence-electron chi connectivity index (χ1n) is 5.66. The lowest BCUT2D eigenvalue weighted by molar-refractivity contribution is 0.172. The van der Waals surface area contributed by atoms with Crippen molar-refractivity contribution < 1.29 is 9.47 Å². The second kappa shape index (κ2) is 4.91. The van der Waals surface area contributed by atoms with Crippen LogP contribution in [0.15, 0.2) is 24.5 Å². The zero-order valence-corrected chi connectivity index (χ0v) is 10.6. The van der Waals surface area contributed by atoms with Crippen molar-refractivity contribution >= 4 is 17.4 Å². The summed E-state index contributed by atoms with van der Waals surface area (Å²) in [6.07, 6.45) is 3.14. The van der Waals surface area contributed by atoms with Crippen molar-refractivity contribution in [1.82, 2.24) is 9.97 Å². The van der Waals surface area contributed by atoms with Crippen LogP contribution < -0.4 is 20.7 Å². The molecule has 2 aromatic rings. The molecule has 98 valence electrons.